The fourth-order valence-corrected chi connectivity index (χ4v) is 4.42. The first-order chi connectivity index (χ1) is 13.1. The monoisotopic (exact) mass is 448 g/mol. The number of halogens is 1. The van der Waals surface area contributed by atoms with Gasteiger partial charge in [0.05, 0.1) is 21.3 Å². The molecule has 140 valence electrons. The van der Waals surface area contributed by atoms with Crippen LogP contribution in [0.4, 0.5) is 0 Å². The normalized spacial score (nSPS) is 15.2. The van der Waals surface area contributed by atoms with Crippen LogP contribution in [0.2, 0.25) is 0 Å². The van der Waals surface area contributed by atoms with Gasteiger partial charge in [0, 0.05) is 21.7 Å². The summed E-state index contributed by atoms with van der Waals surface area (Å²) in [7, 11) is 4.93. The molecule has 0 radical (unpaired) electrons. The van der Waals surface area contributed by atoms with Crippen LogP contribution < -0.4 is 19.6 Å². The Morgan fingerprint density at radius 1 is 1.00 bits per heavy atom. The van der Waals surface area contributed by atoms with E-state index in [2.05, 4.69) is 31.6 Å². The molecular formula is C18H17BrN4O3S. The van der Waals surface area contributed by atoms with E-state index < -0.39 is 0 Å². The Morgan fingerprint density at radius 3 is 2.44 bits per heavy atom. The molecule has 0 bridgehead atoms. The molecule has 0 aliphatic carbocycles. The molecule has 27 heavy (non-hydrogen) atoms. The lowest BCUT2D eigenvalue weighted by atomic mass is 10.2. The van der Waals surface area contributed by atoms with Crippen molar-refractivity contribution in [3.05, 3.63) is 46.4 Å². The molecule has 3 aromatic rings. The van der Waals surface area contributed by atoms with E-state index in [0.717, 1.165) is 43.8 Å². The zero-order valence-electron chi connectivity index (χ0n) is 14.9. The van der Waals surface area contributed by atoms with E-state index in [1.165, 1.54) is 0 Å². The number of methoxy groups -OCH3 is 3. The van der Waals surface area contributed by atoms with E-state index in [9.17, 15) is 0 Å². The first-order valence-electron chi connectivity index (χ1n) is 8.09. The summed E-state index contributed by atoms with van der Waals surface area (Å²) < 4.78 is 18.9. The summed E-state index contributed by atoms with van der Waals surface area (Å²) in [6, 6.07) is 11.5. The summed E-state index contributed by atoms with van der Waals surface area (Å²) in [5, 5.41) is 9.39. The number of ether oxygens (including phenoxy) is 3. The Kier molecular flexibility index (Phi) is 4.88. The maximum atomic E-state index is 5.54. The lowest BCUT2D eigenvalue weighted by Gasteiger charge is -2.16. The third-order valence-corrected chi connectivity index (χ3v) is 5.97. The second kappa shape index (κ2) is 7.32. The van der Waals surface area contributed by atoms with Crippen LogP contribution in [0.3, 0.4) is 0 Å². The molecule has 9 heteroatoms. The van der Waals surface area contributed by atoms with E-state index in [0.29, 0.717) is 0 Å². The molecule has 0 amide bonds. The van der Waals surface area contributed by atoms with Crippen LogP contribution >= 0.6 is 27.7 Å². The topological polar surface area (TPSA) is 70.4 Å². The minimum absolute atomic E-state index is 0.0490. The summed E-state index contributed by atoms with van der Waals surface area (Å²) in [5.74, 6) is 3.00. The first-order valence-corrected chi connectivity index (χ1v) is 9.76. The molecule has 1 aliphatic rings. The largest absolute Gasteiger partial charge is 0.497 e. The standard InChI is InChI=1S/C18H17BrN4O3S/c1-24-10-4-6-12(14(19)8-10)16-20-21-18-23(16)22-17(27-18)13-7-5-11(25-2)9-15(13)26-3/h4-9,17,22H,1-3H3. The molecule has 0 fully saturated rings. The molecule has 1 N–H and O–H groups in total. The third kappa shape index (κ3) is 3.21. The van der Waals surface area contributed by atoms with E-state index in [-0.39, 0.29) is 5.37 Å². The second-order valence-electron chi connectivity index (χ2n) is 5.72. The maximum Gasteiger partial charge on any atom is 0.212 e. The van der Waals surface area contributed by atoms with Gasteiger partial charge < -0.3 is 19.6 Å². The fraction of sp³-hybridized carbons (Fsp3) is 0.222. The van der Waals surface area contributed by atoms with Crippen molar-refractivity contribution in [1.29, 1.82) is 0 Å². The van der Waals surface area contributed by atoms with Gasteiger partial charge >= 0.3 is 0 Å². The predicted molar refractivity (Wildman–Crippen MR) is 107 cm³/mol. The predicted octanol–water partition coefficient (Wildman–Crippen LogP) is 4.08. The summed E-state index contributed by atoms with van der Waals surface area (Å²) in [4.78, 5) is 0. The Balaban J connectivity index is 1.66. The number of aromatic nitrogens is 3. The smallest absolute Gasteiger partial charge is 0.212 e. The summed E-state index contributed by atoms with van der Waals surface area (Å²) >= 11 is 5.17. The summed E-state index contributed by atoms with van der Waals surface area (Å²) in [6.45, 7) is 0. The highest BCUT2D eigenvalue weighted by Crippen LogP contribution is 2.44. The van der Waals surface area contributed by atoms with Gasteiger partial charge in [0.1, 0.15) is 22.6 Å². The van der Waals surface area contributed by atoms with Crippen molar-refractivity contribution in [2.45, 2.75) is 10.5 Å². The van der Waals surface area contributed by atoms with Crippen molar-refractivity contribution in [3.63, 3.8) is 0 Å². The van der Waals surface area contributed by atoms with Crippen LogP contribution in [0.15, 0.2) is 46.0 Å². The van der Waals surface area contributed by atoms with Gasteiger partial charge in [-0.3, -0.25) is 0 Å². The zero-order chi connectivity index (χ0) is 19.0. The molecule has 1 aromatic heterocycles. The number of rotatable bonds is 5. The van der Waals surface area contributed by atoms with Gasteiger partial charge in [0.15, 0.2) is 5.82 Å². The minimum Gasteiger partial charge on any atom is -0.497 e. The lowest BCUT2D eigenvalue weighted by Crippen LogP contribution is -2.14. The Bertz CT molecular complexity index is 995. The van der Waals surface area contributed by atoms with Crippen LogP contribution in [0, 0.1) is 0 Å². The van der Waals surface area contributed by atoms with Gasteiger partial charge in [-0.15, -0.1) is 10.2 Å². The van der Waals surface area contributed by atoms with Crippen molar-refractivity contribution >= 4 is 27.7 Å². The Labute approximate surface area is 169 Å². The van der Waals surface area contributed by atoms with E-state index in [1.54, 1.807) is 33.1 Å². The molecule has 0 saturated carbocycles. The van der Waals surface area contributed by atoms with Crippen LogP contribution in [-0.2, 0) is 0 Å². The highest BCUT2D eigenvalue weighted by atomic mass is 79.9. The van der Waals surface area contributed by atoms with E-state index in [1.807, 2.05) is 41.1 Å². The van der Waals surface area contributed by atoms with Gasteiger partial charge in [-0.05, 0) is 46.3 Å². The highest BCUT2D eigenvalue weighted by Gasteiger charge is 2.30. The molecule has 1 atom stereocenters. The van der Waals surface area contributed by atoms with Gasteiger partial charge in [-0.1, -0.05) is 11.8 Å². The Hall–Kier alpha value is -2.39. The minimum atomic E-state index is -0.0490. The van der Waals surface area contributed by atoms with Crippen LogP contribution in [0.1, 0.15) is 10.9 Å². The first kappa shape index (κ1) is 18.0. The molecule has 0 saturated heterocycles. The summed E-state index contributed by atoms with van der Waals surface area (Å²) in [5.41, 5.74) is 5.38. The van der Waals surface area contributed by atoms with Crippen molar-refractivity contribution in [1.82, 2.24) is 14.9 Å². The van der Waals surface area contributed by atoms with E-state index >= 15 is 0 Å². The average Bonchev–Trinajstić information content (AvgIpc) is 3.28. The average molecular weight is 449 g/mol. The van der Waals surface area contributed by atoms with Crippen molar-refractivity contribution in [2.24, 2.45) is 0 Å². The number of hydrogen-bond acceptors (Lipinski definition) is 7. The van der Waals surface area contributed by atoms with E-state index in [4.69, 9.17) is 14.2 Å². The Morgan fingerprint density at radius 2 is 1.74 bits per heavy atom. The molecule has 2 aromatic carbocycles. The quantitative estimate of drug-likeness (QED) is 0.630. The SMILES string of the molecule is COc1ccc(-c2nnc3n2NC(c2ccc(OC)cc2OC)S3)c(Br)c1. The van der Waals surface area contributed by atoms with Crippen molar-refractivity contribution in [3.8, 4) is 28.6 Å². The van der Waals surface area contributed by atoms with Gasteiger partial charge in [0.25, 0.3) is 0 Å². The van der Waals surface area contributed by atoms with Gasteiger partial charge in [-0.2, -0.15) is 0 Å². The van der Waals surface area contributed by atoms with Gasteiger partial charge in [0.2, 0.25) is 5.16 Å². The van der Waals surface area contributed by atoms with Crippen LogP contribution in [0.25, 0.3) is 11.4 Å². The number of fused-ring (bicyclic) bond motifs is 1. The van der Waals surface area contributed by atoms with Crippen molar-refractivity contribution < 1.29 is 14.2 Å². The molecule has 2 heterocycles. The number of hydrogen-bond donors (Lipinski definition) is 1. The fourth-order valence-electron chi connectivity index (χ4n) is 2.86. The molecular weight excluding hydrogens is 432 g/mol. The number of thioether (sulfide) groups is 1. The second-order valence-corrected chi connectivity index (χ2v) is 7.65. The molecule has 0 spiro atoms. The van der Waals surface area contributed by atoms with Crippen LogP contribution in [-0.4, -0.2) is 36.2 Å². The molecule has 1 unspecified atom stereocenters. The van der Waals surface area contributed by atoms with Crippen molar-refractivity contribution in [2.75, 3.05) is 26.8 Å². The summed E-state index contributed by atoms with van der Waals surface area (Å²) in [6.07, 6.45) is 0. The number of benzene rings is 2. The molecule has 7 nitrogen and oxygen atoms in total. The maximum absolute atomic E-state index is 5.54. The van der Waals surface area contributed by atoms with Gasteiger partial charge in [-0.25, -0.2) is 4.68 Å². The lowest BCUT2D eigenvalue weighted by molar-refractivity contribution is 0.391. The number of nitrogens with zero attached hydrogens (tertiary/aromatic N) is 3. The zero-order valence-corrected chi connectivity index (χ0v) is 17.3. The number of nitrogens with one attached hydrogen (secondary N) is 1. The van der Waals surface area contributed by atoms with Crippen LogP contribution in [0.5, 0.6) is 17.2 Å². The molecule has 4 rings (SSSR count). The third-order valence-electron chi connectivity index (χ3n) is 4.24. The molecule has 1 aliphatic heterocycles. The highest BCUT2D eigenvalue weighted by molar-refractivity contribution is 9.10.